The van der Waals surface area contributed by atoms with Gasteiger partial charge in [-0.05, 0) is 67.1 Å². The zero-order chi connectivity index (χ0) is 22.7. The van der Waals surface area contributed by atoms with Crippen molar-refractivity contribution in [1.29, 1.82) is 0 Å². The summed E-state index contributed by atoms with van der Waals surface area (Å²) in [6.45, 7) is 2.02. The maximum Gasteiger partial charge on any atom is 0.234 e. The topological polar surface area (TPSA) is 59.8 Å². The Hall–Kier alpha value is -2.51. The van der Waals surface area contributed by atoms with Crippen LogP contribution in [0.1, 0.15) is 5.56 Å². The van der Waals surface area contributed by atoms with E-state index < -0.39 is 0 Å². The van der Waals surface area contributed by atoms with Gasteiger partial charge in [-0.25, -0.2) is 0 Å². The Morgan fingerprint density at radius 3 is 2.44 bits per heavy atom. The zero-order valence-electron chi connectivity index (χ0n) is 16.8. The highest BCUT2D eigenvalue weighted by atomic mass is 35.5. The van der Waals surface area contributed by atoms with Crippen LogP contribution >= 0.6 is 46.6 Å². The van der Waals surface area contributed by atoms with Crippen molar-refractivity contribution in [1.82, 2.24) is 14.8 Å². The van der Waals surface area contributed by atoms with Gasteiger partial charge in [0.15, 0.2) is 11.0 Å². The Labute approximate surface area is 204 Å². The Kier molecular flexibility index (Phi) is 7.06. The number of anilines is 1. The summed E-state index contributed by atoms with van der Waals surface area (Å²) in [5.74, 6) is 0.575. The van der Waals surface area contributed by atoms with Gasteiger partial charge in [0.1, 0.15) is 0 Å². The lowest BCUT2D eigenvalue weighted by atomic mass is 10.2. The third kappa shape index (κ3) is 5.27. The van der Waals surface area contributed by atoms with Crippen molar-refractivity contribution in [2.75, 3.05) is 11.1 Å². The molecule has 32 heavy (non-hydrogen) atoms. The normalized spacial score (nSPS) is 10.9. The average molecular weight is 504 g/mol. The molecule has 9 heteroatoms. The summed E-state index contributed by atoms with van der Waals surface area (Å²) in [5.41, 5.74) is 3.38. The summed E-state index contributed by atoms with van der Waals surface area (Å²) in [6, 6.07) is 20.3. The standard InChI is InChI=1S/C23H17Cl3N4OS/c1-14-3-2-4-18(11-14)30-22(15-5-7-16(24)8-6-15)28-29-23(30)32-13-21(31)27-20-10-9-17(25)12-19(20)26/h2-12H,13H2,1H3,(H,27,31). The molecule has 0 aliphatic heterocycles. The molecule has 4 rings (SSSR count). The van der Waals surface area contributed by atoms with Gasteiger partial charge in [0.2, 0.25) is 5.91 Å². The molecular weight excluding hydrogens is 487 g/mol. The van der Waals surface area contributed by atoms with Crippen molar-refractivity contribution in [3.63, 3.8) is 0 Å². The quantitative estimate of drug-likeness (QED) is 0.290. The molecule has 4 aromatic rings. The second kappa shape index (κ2) is 9.96. The number of hydrogen-bond acceptors (Lipinski definition) is 4. The smallest absolute Gasteiger partial charge is 0.234 e. The Bertz CT molecular complexity index is 1270. The number of nitrogens with zero attached hydrogens (tertiary/aromatic N) is 3. The summed E-state index contributed by atoms with van der Waals surface area (Å²) in [4.78, 5) is 12.5. The fraction of sp³-hybridized carbons (Fsp3) is 0.0870. The van der Waals surface area contributed by atoms with Gasteiger partial charge in [0.25, 0.3) is 0 Å². The third-order valence-corrected chi connectivity index (χ3v) is 6.26. The lowest BCUT2D eigenvalue weighted by Crippen LogP contribution is -2.15. The van der Waals surface area contributed by atoms with Crippen molar-refractivity contribution >= 4 is 58.2 Å². The number of rotatable bonds is 6. The summed E-state index contributed by atoms with van der Waals surface area (Å²) in [7, 11) is 0. The second-order valence-corrected chi connectivity index (χ2v) is 9.17. The fourth-order valence-electron chi connectivity index (χ4n) is 3.06. The van der Waals surface area contributed by atoms with Crippen LogP contribution in [0.4, 0.5) is 5.69 Å². The number of amides is 1. The number of nitrogens with one attached hydrogen (secondary N) is 1. The molecule has 0 saturated heterocycles. The Morgan fingerprint density at radius 2 is 1.72 bits per heavy atom. The van der Waals surface area contributed by atoms with E-state index in [0.717, 1.165) is 16.8 Å². The molecular formula is C23H17Cl3N4OS. The van der Waals surface area contributed by atoms with Crippen molar-refractivity contribution in [3.05, 3.63) is 87.4 Å². The minimum Gasteiger partial charge on any atom is -0.324 e. The summed E-state index contributed by atoms with van der Waals surface area (Å²) >= 11 is 19.4. The predicted octanol–water partition coefficient (Wildman–Crippen LogP) is 6.93. The van der Waals surface area contributed by atoms with E-state index in [1.165, 1.54) is 11.8 Å². The van der Waals surface area contributed by atoms with E-state index in [4.69, 9.17) is 34.8 Å². The Balaban J connectivity index is 1.60. The van der Waals surface area contributed by atoms with Crippen LogP contribution in [0.3, 0.4) is 0 Å². The van der Waals surface area contributed by atoms with Crippen molar-refractivity contribution in [2.45, 2.75) is 12.1 Å². The van der Waals surface area contributed by atoms with Gasteiger partial charge in [-0.2, -0.15) is 0 Å². The molecule has 1 aromatic heterocycles. The van der Waals surface area contributed by atoms with Gasteiger partial charge >= 0.3 is 0 Å². The molecule has 162 valence electrons. The lowest BCUT2D eigenvalue weighted by molar-refractivity contribution is -0.113. The first-order chi connectivity index (χ1) is 15.4. The monoisotopic (exact) mass is 502 g/mol. The van der Waals surface area contributed by atoms with Gasteiger partial charge in [-0.3, -0.25) is 9.36 Å². The largest absolute Gasteiger partial charge is 0.324 e. The third-order valence-electron chi connectivity index (χ3n) is 4.53. The first-order valence-corrected chi connectivity index (χ1v) is 11.7. The van der Waals surface area contributed by atoms with Crippen LogP contribution < -0.4 is 5.32 Å². The number of halogens is 3. The van der Waals surface area contributed by atoms with Crippen LogP contribution in [0.25, 0.3) is 17.1 Å². The van der Waals surface area contributed by atoms with E-state index in [1.807, 2.05) is 60.0 Å². The van der Waals surface area contributed by atoms with Gasteiger partial charge in [-0.1, -0.05) is 58.7 Å². The van der Waals surface area contributed by atoms with Gasteiger partial charge in [0, 0.05) is 21.3 Å². The minimum absolute atomic E-state index is 0.128. The number of aryl methyl sites for hydroxylation is 1. The molecule has 0 fully saturated rings. The van der Waals surface area contributed by atoms with Crippen LogP contribution in [0.2, 0.25) is 15.1 Å². The highest BCUT2D eigenvalue weighted by molar-refractivity contribution is 7.99. The molecule has 1 N–H and O–H groups in total. The van der Waals surface area contributed by atoms with Crippen molar-refractivity contribution in [3.8, 4) is 17.1 Å². The minimum atomic E-state index is -0.217. The summed E-state index contributed by atoms with van der Waals surface area (Å²) in [6.07, 6.45) is 0. The molecule has 0 radical (unpaired) electrons. The first-order valence-electron chi connectivity index (χ1n) is 9.57. The molecule has 0 aliphatic rings. The number of carbonyl (C=O) groups excluding carboxylic acids is 1. The summed E-state index contributed by atoms with van der Waals surface area (Å²) < 4.78 is 1.93. The van der Waals surface area contributed by atoms with Crippen molar-refractivity contribution in [2.24, 2.45) is 0 Å². The molecule has 1 heterocycles. The molecule has 0 spiro atoms. The van der Waals surface area contributed by atoms with Crippen LogP contribution in [-0.2, 0) is 4.79 Å². The SMILES string of the molecule is Cc1cccc(-n2c(SCC(=O)Nc3ccc(Cl)cc3Cl)nnc2-c2ccc(Cl)cc2)c1. The van der Waals surface area contributed by atoms with Crippen LogP contribution in [0, 0.1) is 6.92 Å². The molecule has 0 saturated carbocycles. The Morgan fingerprint density at radius 1 is 0.969 bits per heavy atom. The number of hydrogen-bond donors (Lipinski definition) is 1. The molecule has 3 aromatic carbocycles. The highest BCUT2D eigenvalue weighted by Gasteiger charge is 2.18. The number of thioether (sulfide) groups is 1. The van der Waals surface area contributed by atoms with Crippen LogP contribution in [-0.4, -0.2) is 26.4 Å². The lowest BCUT2D eigenvalue weighted by Gasteiger charge is -2.11. The van der Waals surface area contributed by atoms with Crippen molar-refractivity contribution < 1.29 is 4.79 Å². The highest BCUT2D eigenvalue weighted by Crippen LogP contribution is 2.30. The first kappa shape index (κ1) is 22.7. The van der Waals surface area contributed by atoms with Gasteiger partial charge < -0.3 is 5.32 Å². The van der Waals surface area contributed by atoms with E-state index in [1.54, 1.807) is 18.2 Å². The molecule has 0 aliphatic carbocycles. The average Bonchev–Trinajstić information content (AvgIpc) is 3.19. The summed E-state index contributed by atoms with van der Waals surface area (Å²) in [5, 5.41) is 13.7. The van der Waals surface area contributed by atoms with Gasteiger partial charge in [-0.15, -0.1) is 10.2 Å². The number of benzene rings is 3. The van der Waals surface area contributed by atoms with E-state index in [2.05, 4.69) is 15.5 Å². The van der Waals surface area contributed by atoms with E-state index >= 15 is 0 Å². The maximum absolute atomic E-state index is 12.5. The van der Waals surface area contributed by atoms with Crippen LogP contribution in [0.15, 0.2) is 71.9 Å². The zero-order valence-corrected chi connectivity index (χ0v) is 19.9. The molecule has 5 nitrogen and oxygen atoms in total. The van der Waals surface area contributed by atoms with Crippen LogP contribution in [0.5, 0.6) is 0 Å². The second-order valence-electron chi connectivity index (χ2n) is 6.95. The maximum atomic E-state index is 12.5. The predicted molar refractivity (Wildman–Crippen MR) is 132 cm³/mol. The fourth-order valence-corrected chi connectivity index (χ4v) is 4.39. The van der Waals surface area contributed by atoms with E-state index in [9.17, 15) is 4.79 Å². The number of carbonyl (C=O) groups is 1. The van der Waals surface area contributed by atoms with E-state index in [-0.39, 0.29) is 11.7 Å². The molecule has 0 unspecified atom stereocenters. The van der Waals surface area contributed by atoms with Gasteiger partial charge in [0.05, 0.1) is 16.5 Å². The number of aromatic nitrogens is 3. The van der Waals surface area contributed by atoms with E-state index in [0.29, 0.717) is 31.7 Å². The molecule has 0 bridgehead atoms. The molecule has 1 amide bonds. The molecule has 0 atom stereocenters.